The number of benzene rings is 2. The molecule has 1 atom stereocenters. The summed E-state index contributed by atoms with van der Waals surface area (Å²) >= 11 is 0. The van der Waals surface area contributed by atoms with Crippen molar-refractivity contribution in [3.63, 3.8) is 0 Å². The van der Waals surface area contributed by atoms with E-state index in [2.05, 4.69) is 79.3 Å². The molecule has 0 N–H and O–H groups in total. The first-order valence-corrected chi connectivity index (χ1v) is 13.0. The van der Waals surface area contributed by atoms with Gasteiger partial charge in [-0.2, -0.15) is 0 Å². The molecule has 4 nitrogen and oxygen atoms in total. The molecular formula is C30H40N2O2. The normalized spacial score (nSPS) is 12.0. The Kier molecular flexibility index (Phi) is 11.1. The van der Waals surface area contributed by atoms with E-state index in [0.29, 0.717) is 5.82 Å². The van der Waals surface area contributed by atoms with Crippen LogP contribution in [0, 0.1) is 0 Å². The molecule has 3 rings (SSSR count). The van der Waals surface area contributed by atoms with Gasteiger partial charge < -0.3 is 9.47 Å². The van der Waals surface area contributed by atoms with Crippen molar-refractivity contribution in [2.45, 2.75) is 78.2 Å². The van der Waals surface area contributed by atoms with Gasteiger partial charge in [-0.15, -0.1) is 0 Å². The predicted molar refractivity (Wildman–Crippen MR) is 141 cm³/mol. The molecule has 0 amide bonds. The van der Waals surface area contributed by atoms with E-state index in [0.717, 1.165) is 43.8 Å². The Bertz CT molecular complexity index is 937. The average Bonchev–Trinajstić information content (AvgIpc) is 2.87. The Labute approximate surface area is 205 Å². The maximum Gasteiger partial charge on any atom is 0.159 e. The zero-order valence-corrected chi connectivity index (χ0v) is 21.1. The van der Waals surface area contributed by atoms with Crippen molar-refractivity contribution in [1.29, 1.82) is 0 Å². The van der Waals surface area contributed by atoms with Crippen LogP contribution in [0.25, 0.3) is 22.5 Å². The van der Waals surface area contributed by atoms with Crippen molar-refractivity contribution in [1.82, 2.24) is 9.97 Å². The minimum atomic E-state index is 0.250. The Morgan fingerprint density at radius 3 is 1.88 bits per heavy atom. The van der Waals surface area contributed by atoms with Crippen LogP contribution in [0.2, 0.25) is 0 Å². The molecule has 1 heterocycles. The van der Waals surface area contributed by atoms with Gasteiger partial charge in [-0.25, -0.2) is 9.97 Å². The summed E-state index contributed by atoms with van der Waals surface area (Å²) in [6.45, 7) is 8.17. The summed E-state index contributed by atoms with van der Waals surface area (Å²) in [6, 6.07) is 17.2. The maximum atomic E-state index is 5.94. The lowest BCUT2D eigenvalue weighted by Crippen LogP contribution is -2.12. The number of aromatic nitrogens is 2. The van der Waals surface area contributed by atoms with Crippen molar-refractivity contribution in [2.75, 3.05) is 13.2 Å². The van der Waals surface area contributed by atoms with Gasteiger partial charge in [0, 0.05) is 12.2 Å². The van der Waals surface area contributed by atoms with Crippen LogP contribution in [-0.4, -0.2) is 29.3 Å². The van der Waals surface area contributed by atoms with E-state index in [9.17, 15) is 0 Å². The molecule has 1 aromatic heterocycles. The fourth-order valence-electron chi connectivity index (χ4n) is 3.93. The molecular weight excluding hydrogens is 420 g/mol. The van der Waals surface area contributed by atoms with Crippen molar-refractivity contribution >= 4 is 0 Å². The zero-order valence-electron chi connectivity index (χ0n) is 21.1. The highest BCUT2D eigenvalue weighted by molar-refractivity contribution is 5.67. The summed E-state index contributed by atoms with van der Waals surface area (Å²) in [4.78, 5) is 8.98. The van der Waals surface area contributed by atoms with E-state index in [1.165, 1.54) is 48.8 Å². The molecule has 0 fully saturated rings. The Balaban J connectivity index is 1.51. The van der Waals surface area contributed by atoms with Crippen LogP contribution in [0.5, 0.6) is 5.75 Å². The standard InChI is InChI=1S/C30H40N2O2/c1-4-6-8-10-20-34-29-22-31-30(32-23-29)28-17-15-27(16-18-28)26-13-11-25(12-14-26)21-24(3)33-19-9-7-5-2/h11-18,22-24H,4-10,19-21H2,1-3H3/t24-/m1/s1. The van der Waals surface area contributed by atoms with Gasteiger partial charge in [0.2, 0.25) is 0 Å². The van der Waals surface area contributed by atoms with Crippen LogP contribution in [0.3, 0.4) is 0 Å². The molecule has 0 aliphatic heterocycles. The summed E-state index contributed by atoms with van der Waals surface area (Å²) in [5.74, 6) is 1.45. The topological polar surface area (TPSA) is 44.2 Å². The highest BCUT2D eigenvalue weighted by Crippen LogP contribution is 2.24. The molecule has 0 saturated heterocycles. The highest BCUT2D eigenvalue weighted by Gasteiger charge is 2.06. The molecule has 2 aromatic carbocycles. The maximum absolute atomic E-state index is 5.94. The van der Waals surface area contributed by atoms with Crippen LogP contribution in [-0.2, 0) is 11.2 Å². The van der Waals surface area contributed by atoms with E-state index < -0.39 is 0 Å². The molecule has 0 aliphatic carbocycles. The third-order valence-electron chi connectivity index (χ3n) is 6.00. The van der Waals surface area contributed by atoms with Crippen LogP contribution >= 0.6 is 0 Å². The number of ether oxygens (including phenoxy) is 2. The number of unbranched alkanes of at least 4 members (excludes halogenated alkanes) is 5. The van der Waals surface area contributed by atoms with Crippen molar-refractivity contribution < 1.29 is 9.47 Å². The van der Waals surface area contributed by atoms with E-state index in [1.807, 2.05) is 0 Å². The smallest absolute Gasteiger partial charge is 0.159 e. The zero-order chi connectivity index (χ0) is 24.0. The minimum absolute atomic E-state index is 0.250. The van der Waals surface area contributed by atoms with Crippen LogP contribution in [0.15, 0.2) is 60.9 Å². The highest BCUT2D eigenvalue weighted by atomic mass is 16.5. The SMILES string of the molecule is CCCCCCOc1cnc(-c2ccc(-c3ccc(C[C@@H](C)OCCCCC)cc3)cc2)nc1. The fraction of sp³-hybridized carbons (Fsp3) is 0.467. The summed E-state index contributed by atoms with van der Waals surface area (Å²) in [6.07, 6.45) is 13.1. The Morgan fingerprint density at radius 2 is 1.24 bits per heavy atom. The summed E-state index contributed by atoms with van der Waals surface area (Å²) in [5, 5.41) is 0. The lowest BCUT2D eigenvalue weighted by atomic mass is 10.0. The van der Waals surface area contributed by atoms with E-state index in [-0.39, 0.29) is 6.10 Å². The van der Waals surface area contributed by atoms with Gasteiger partial charge in [0.1, 0.15) is 0 Å². The van der Waals surface area contributed by atoms with Gasteiger partial charge in [-0.3, -0.25) is 0 Å². The second-order valence-electron chi connectivity index (χ2n) is 9.02. The second kappa shape index (κ2) is 14.5. The summed E-state index contributed by atoms with van der Waals surface area (Å²) in [5.41, 5.74) is 4.71. The van der Waals surface area contributed by atoms with Crippen molar-refractivity contribution in [3.05, 3.63) is 66.5 Å². The quantitative estimate of drug-likeness (QED) is 0.216. The lowest BCUT2D eigenvalue weighted by Gasteiger charge is -2.13. The number of rotatable bonds is 15. The molecule has 0 spiro atoms. The Hall–Kier alpha value is -2.72. The molecule has 0 saturated carbocycles. The Morgan fingerprint density at radius 1 is 0.676 bits per heavy atom. The number of hydrogen-bond donors (Lipinski definition) is 0. The van der Waals surface area contributed by atoms with E-state index in [4.69, 9.17) is 9.47 Å². The van der Waals surface area contributed by atoms with Gasteiger partial charge in [0.25, 0.3) is 0 Å². The largest absolute Gasteiger partial charge is 0.490 e. The first-order valence-electron chi connectivity index (χ1n) is 13.0. The average molecular weight is 461 g/mol. The molecule has 4 heteroatoms. The number of nitrogens with zero attached hydrogens (tertiary/aromatic N) is 2. The van der Waals surface area contributed by atoms with Gasteiger partial charge in [0.05, 0.1) is 25.1 Å². The third kappa shape index (κ3) is 8.57. The number of hydrogen-bond acceptors (Lipinski definition) is 4. The van der Waals surface area contributed by atoms with Crippen LogP contribution in [0.1, 0.15) is 71.3 Å². The molecule has 0 radical (unpaired) electrons. The monoisotopic (exact) mass is 460 g/mol. The van der Waals surface area contributed by atoms with Gasteiger partial charge in [-0.05, 0) is 42.9 Å². The lowest BCUT2D eigenvalue weighted by molar-refractivity contribution is 0.0637. The molecule has 34 heavy (non-hydrogen) atoms. The van der Waals surface area contributed by atoms with Crippen molar-refractivity contribution in [2.24, 2.45) is 0 Å². The van der Waals surface area contributed by atoms with Crippen molar-refractivity contribution in [3.8, 4) is 28.3 Å². The molecule has 3 aromatic rings. The van der Waals surface area contributed by atoms with E-state index >= 15 is 0 Å². The van der Waals surface area contributed by atoms with Gasteiger partial charge >= 0.3 is 0 Å². The second-order valence-corrected chi connectivity index (χ2v) is 9.02. The molecule has 182 valence electrons. The third-order valence-corrected chi connectivity index (χ3v) is 6.00. The first-order chi connectivity index (χ1) is 16.7. The van der Waals surface area contributed by atoms with Crippen LogP contribution < -0.4 is 4.74 Å². The fourth-order valence-corrected chi connectivity index (χ4v) is 3.93. The summed E-state index contributed by atoms with van der Waals surface area (Å²) < 4.78 is 11.7. The van der Waals surface area contributed by atoms with Gasteiger partial charge in [0.15, 0.2) is 11.6 Å². The van der Waals surface area contributed by atoms with Crippen LogP contribution in [0.4, 0.5) is 0 Å². The summed E-state index contributed by atoms with van der Waals surface area (Å²) in [7, 11) is 0. The molecule has 0 aliphatic rings. The minimum Gasteiger partial charge on any atom is -0.490 e. The predicted octanol–water partition coefficient (Wildman–Crippen LogP) is 7.91. The molecule has 0 bridgehead atoms. The first kappa shape index (κ1) is 25.9. The van der Waals surface area contributed by atoms with Gasteiger partial charge in [-0.1, -0.05) is 94.5 Å². The van der Waals surface area contributed by atoms with E-state index in [1.54, 1.807) is 12.4 Å². The molecule has 0 unspecified atom stereocenters.